The van der Waals surface area contributed by atoms with E-state index >= 15 is 0 Å². The SMILES string of the molecule is Cc1cc(F)ccc1C(F)(F)F. The van der Waals surface area contributed by atoms with Gasteiger partial charge in [0.15, 0.2) is 0 Å². The Morgan fingerprint density at radius 2 is 1.75 bits per heavy atom. The number of aryl methyl sites for hydroxylation is 1. The summed E-state index contributed by atoms with van der Waals surface area (Å²) in [5, 5.41) is 0. The highest BCUT2D eigenvalue weighted by atomic mass is 19.4. The maximum absolute atomic E-state index is 12.4. The topological polar surface area (TPSA) is 0 Å². The van der Waals surface area contributed by atoms with Crippen molar-refractivity contribution in [2.24, 2.45) is 0 Å². The van der Waals surface area contributed by atoms with Gasteiger partial charge in [-0.25, -0.2) is 4.39 Å². The highest BCUT2D eigenvalue weighted by Gasteiger charge is 2.32. The maximum Gasteiger partial charge on any atom is 0.416 e. The first-order valence-corrected chi connectivity index (χ1v) is 3.24. The lowest BCUT2D eigenvalue weighted by atomic mass is 10.1. The fourth-order valence-corrected chi connectivity index (χ4v) is 0.945. The number of rotatable bonds is 0. The molecule has 0 heterocycles. The molecule has 0 saturated carbocycles. The Morgan fingerprint density at radius 3 is 2.17 bits per heavy atom. The van der Waals surface area contributed by atoms with Crippen molar-refractivity contribution in [3.8, 4) is 0 Å². The minimum atomic E-state index is -4.39. The van der Waals surface area contributed by atoms with E-state index in [1.807, 2.05) is 0 Å². The van der Waals surface area contributed by atoms with Crippen molar-refractivity contribution < 1.29 is 17.6 Å². The van der Waals surface area contributed by atoms with E-state index in [4.69, 9.17) is 0 Å². The Kier molecular flexibility index (Phi) is 2.08. The van der Waals surface area contributed by atoms with Crippen LogP contribution < -0.4 is 0 Å². The van der Waals surface area contributed by atoms with Crippen LogP contribution in [0.1, 0.15) is 11.1 Å². The van der Waals surface area contributed by atoms with Crippen LogP contribution in [0.3, 0.4) is 0 Å². The van der Waals surface area contributed by atoms with Crippen LogP contribution in [-0.2, 0) is 6.18 Å². The van der Waals surface area contributed by atoms with Gasteiger partial charge in [0.25, 0.3) is 0 Å². The van der Waals surface area contributed by atoms with Gasteiger partial charge >= 0.3 is 6.18 Å². The van der Waals surface area contributed by atoms with E-state index in [1.54, 1.807) is 0 Å². The van der Waals surface area contributed by atoms with E-state index in [-0.39, 0.29) is 5.56 Å². The highest BCUT2D eigenvalue weighted by molar-refractivity contribution is 5.28. The summed E-state index contributed by atoms with van der Waals surface area (Å²) >= 11 is 0. The summed E-state index contributed by atoms with van der Waals surface area (Å²) in [6.45, 7) is 1.23. The largest absolute Gasteiger partial charge is 0.416 e. The molecule has 0 aliphatic rings. The first-order valence-electron chi connectivity index (χ1n) is 3.24. The van der Waals surface area contributed by atoms with Crippen LogP contribution in [0.25, 0.3) is 0 Å². The first kappa shape index (κ1) is 9.03. The van der Waals surface area contributed by atoms with Gasteiger partial charge in [0.05, 0.1) is 5.56 Å². The molecule has 0 bridgehead atoms. The third kappa shape index (κ3) is 1.75. The molecule has 12 heavy (non-hydrogen) atoms. The molecule has 0 aliphatic carbocycles. The van der Waals surface area contributed by atoms with Crippen molar-refractivity contribution in [2.75, 3.05) is 0 Å². The summed E-state index contributed by atoms with van der Waals surface area (Å²) in [5.74, 6) is -0.652. The van der Waals surface area contributed by atoms with Crippen LogP contribution in [0.2, 0.25) is 0 Å². The predicted molar refractivity (Wildman–Crippen MR) is 36.1 cm³/mol. The zero-order valence-corrected chi connectivity index (χ0v) is 6.24. The van der Waals surface area contributed by atoms with Gasteiger partial charge in [-0.2, -0.15) is 13.2 Å². The molecule has 0 spiro atoms. The highest BCUT2D eigenvalue weighted by Crippen LogP contribution is 2.31. The Bertz CT molecular complexity index is 288. The van der Waals surface area contributed by atoms with Crippen LogP contribution >= 0.6 is 0 Å². The molecule has 4 heteroatoms. The second kappa shape index (κ2) is 2.77. The smallest absolute Gasteiger partial charge is 0.207 e. The standard InChI is InChI=1S/C8H6F4/c1-5-4-6(9)2-3-7(5)8(10,11)12/h2-4H,1H3. The lowest BCUT2D eigenvalue weighted by molar-refractivity contribution is -0.138. The van der Waals surface area contributed by atoms with Crippen molar-refractivity contribution in [1.29, 1.82) is 0 Å². The predicted octanol–water partition coefficient (Wildman–Crippen LogP) is 3.15. The lowest BCUT2D eigenvalue weighted by Gasteiger charge is -2.08. The van der Waals surface area contributed by atoms with Gasteiger partial charge in [-0.1, -0.05) is 0 Å². The average molecular weight is 178 g/mol. The van der Waals surface area contributed by atoms with Crippen molar-refractivity contribution in [3.05, 3.63) is 35.1 Å². The molecule has 0 saturated heterocycles. The number of benzene rings is 1. The maximum atomic E-state index is 12.4. The number of halogens is 4. The Morgan fingerprint density at radius 1 is 1.17 bits per heavy atom. The molecule has 0 radical (unpaired) electrons. The van der Waals surface area contributed by atoms with Crippen molar-refractivity contribution in [1.82, 2.24) is 0 Å². The van der Waals surface area contributed by atoms with Gasteiger partial charge in [0, 0.05) is 0 Å². The van der Waals surface area contributed by atoms with E-state index < -0.39 is 17.6 Å². The number of hydrogen-bond acceptors (Lipinski definition) is 0. The van der Waals surface area contributed by atoms with E-state index in [0.29, 0.717) is 0 Å². The molecule has 0 amide bonds. The molecule has 0 aromatic heterocycles. The van der Waals surface area contributed by atoms with E-state index in [9.17, 15) is 17.6 Å². The molecule has 66 valence electrons. The molecular weight excluding hydrogens is 172 g/mol. The molecule has 0 fully saturated rings. The number of alkyl halides is 3. The van der Waals surface area contributed by atoms with E-state index in [0.717, 1.165) is 18.2 Å². The Hall–Kier alpha value is -1.06. The quantitative estimate of drug-likeness (QED) is 0.535. The molecule has 1 rings (SSSR count). The summed E-state index contributed by atoms with van der Waals surface area (Å²) in [6, 6.07) is 2.41. The zero-order chi connectivity index (χ0) is 9.35. The average Bonchev–Trinajstić information content (AvgIpc) is 1.83. The molecule has 0 atom stereocenters. The molecule has 1 aromatic rings. The Labute approximate surface area is 66.8 Å². The van der Waals surface area contributed by atoms with Crippen LogP contribution in [0.4, 0.5) is 17.6 Å². The summed E-state index contributed by atoms with van der Waals surface area (Å²) in [4.78, 5) is 0. The monoisotopic (exact) mass is 178 g/mol. The van der Waals surface area contributed by atoms with Crippen molar-refractivity contribution in [2.45, 2.75) is 13.1 Å². The Balaban J connectivity index is 3.19. The van der Waals surface area contributed by atoms with Crippen LogP contribution in [0.5, 0.6) is 0 Å². The summed E-state index contributed by atoms with van der Waals surface area (Å²) in [5.41, 5.74) is -0.883. The third-order valence-corrected chi connectivity index (χ3v) is 1.49. The van der Waals surface area contributed by atoms with Crippen LogP contribution in [0, 0.1) is 12.7 Å². The normalized spacial score (nSPS) is 11.8. The van der Waals surface area contributed by atoms with Crippen LogP contribution in [0.15, 0.2) is 18.2 Å². The summed E-state index contributed by atoms with van der Waals surface area (Å²) in [7, 11) is 0. The second-order valence-electron chi connectivity index (χ2n) is 2.46. The summed E-state index contributed by atoms with van der Waals surface area (Å²) < 4.78 is 48.5. The van der Waals surface area contributed by atoms with Gasteiger partial charge in [-0.05, 0) is 30.7 Å². The minimum absolute atomic E-state index is 0.0949. The van der Waals surface area contributed by atoms with Gasteiger partial charge < -0.3 is 0 Å². The zero-order valence-electron chi connectivity index (χ0n) is 6.24. The van der Waals surface area contributed by atoms with Gasteiger partial charge in [-0.15, -0.1) is 0 Å². The van der Waals surface area contributed by atoms with Gasteiger partial charge in [0.2, 0.25) is 0 Å². The number of hydrogen-bond donors (Lipinski definition) is 0. The van der Waals surface area contributed by atoms with Gasteiger partial charge in [-0.3, -0.25) is 0 Å². The molecule has 0 unspecified atom stereocenters. The van der Waals surface area contributed by atoms with Gasteiger partial charge in [0.1, 0.15) is 5.82 Å². The fraction of sp³-hybridized carbons (Fsp3) is 0.250. The molecule has 0 N–H and O–H groups in total. The van der Waals surface area contributed by atoms with Crippen molar-refractivity contribution >= 4 is 0 Å². The third-order valence-electron chi connectivity index (χ3n) is 1.49. The minimum Gasteiger partial charge on any atom is -0.207 e. The molecule has 0 aliphatic heterocycles. The second-order valence-corrected chi connectivity index (χ2v) is 2.46. The van der Waals surface area contributed by atoms with Crippen LogP contribution in [-0.4, -0.2) is 0 Å². The fourth-order valence-electron chi connectivity index (χ4n) is 0.945. The first-order chi connectivity index (χ1) is 5.41. The molecular formula is C8H6F4. The summed E-state index contributed by atoms with van der Waals surface area (Å²) in [6.07, 6.45) is -4.39. The van der Waals surface area contributed by atoms with Crippen molar-refractivity contribution in [3.63, 3.8) is 0 Å². The van der Waals surface area contributed by atoms with E-state index in [2.05, 4.69) is 0 Å². The van der Waals surface area contributed by atoms with E-state index in [1.165, 1.54) is 6.92 Å². The lowest BCUT2D eigenvalue weighted by Crippen LogP contribution is -2.07. The molecule has 1 aromatic carbocycles. The molecule has 0 nitrogen and oxygen atoms in total.